The Morgan fingerprint density at radius 2 is 2.23 bits per heavy atom. The normalized spacial score (nSPS) is 42.2. The van der Waals surface area contributed by atoms with Crippen molar-refractivity contribution < 1.29 is 20.1 Å². The average Bonchev–Trinajstić information content (AvgIpc) is 2.43. The van der Waals surface area contributed by atoms with Crippen LogP contribution in [0.3, 0.4) is 0 Å². The zero-order valence-corrected chi connectivity index (χ0v) is 7.68. The lowest BCUT2D eigenvalue weighted by molar-refractivity contribution is -0.0561. The summed E-state index contributed by atoms with van der Waals surface area (Å²) in [5.41, 5.74) is -1.34. The molecule has 2 radical (unpaired) electrons. The Morgan fingerprint density at radius 3 is 2.62 bits per heavy atom. The van der Waals surface area contributed by atoms with Crippen LogP contribution in [-0.4, -0.2) is 54.7 Å². The summed E-state index contributed by atoms with van der Waals surface area (Å²) < 4.78 is 5.23. The fraction of sp³-hybridized carbons (Fsp3) is 1.00. The van der Waals surface area contributed by atoms with Gasteiger partial charge in [0.1, 0.15) is 5.60 Å². The van der Waals surface area contributed by atoms with Crippen LogP contribution in [0.25, 0.3) is 0 Å². The van der Waals surface area contributed by atoms with Crippen molar-refractivity contribution in [2.45, 2.75) is 24.4 Å². The Morgan fingerprint density at radius 1 is 1.62 bits per heavy atom. The van der Waals surface area contributed by atoms with E-state index in [0.29, 0.717) is 0 Å². The molecule has 1 unspecified atom stereocenters. The molecule has 1 rings (SSSR count). The third kappa shape index (κ3) is 1.88. The fourth-order valence-corrected chi connectivity index (χ4v) is 1.72. The molecule has 74 valence electrons. The van der Waals surface area contributed by atoms with Crippen molar-refractivity contribution in [3.63, 3.8) is 0 Å². The second kappa shape index (κ2) is 3.96. The molecule has 1 aliphatic heterocycles. The van der Waals surface area contributed by atoms with Gasteiger partial charge in [0, 0.05) is 5.92 Å². The van der Waals surface area contributed by atoms with Gasteiger partial charge in [0.2, 0.25) is 0 Å². The van der Waals surface area contributed by atoms with Gasteiger partial charge in [-0.05, 0) is 0 Å². The summed E-state index contributed by atoms with van der Waals surface area (Å²) in [5, 5.41) is 27.8. The second-order valence-electron chi connectivity index (χ2n) is 3.69. The maximum atomic E-state index is 9.79. The molecule has 4 nitrogen and oxygen atoms in total. The van der Waals surface area contributed by atoms with Gasteiger partial charge in [-0.2, -0.15) is 0 Å². The van der Waals surface area contributed by atoms with Crippen molar-refractivity contribution in [3.05, 3.63) is 0 Å². The lowest BCUT2D eigenvalue weighted by Crippen LogP contribution is -2.45. The highest BCUT2D eigenvalue weighted by Crippen LogP contribution is 2.35. The van der Waals surface area contributed by atoms with Gasteiger partial charge in [-0.3, -0.25) is 0 Å². The molecular formula is C8H15BO4. The summed E-state index contributed by atoms with van der Waals surface area (Å²) in [6.07, 6.45) is -0.387. The standard InChI is InChI=1S/C8H15BO4/c1-5(9)7-6(2-10)8(12,3-11)4-13-7/h5-7,10-12H,2-4H2,1H3/t5-,6?,7-,8+/m1/s1. The van der Waals surface area contributed by atoms with Crippen LogP contribution in [-0.2, 0) is 4.74 Å². The molecule has 0 amide bonds. The van der Waals surface area contributed by atoms with E-state index < -0.39 is 18.1 Å². The van der Waals surface area contributed by atoms with Crippen LogP contribution in [0, 0.1) is 5.92 Å². The SMILES string of the molecule is [B][C@H](C)[C@H]1OC[C@@](O)(CO)C1CO. The molecule has 0 saturated carbocycles. The number of aliphatic hydroxyl groups is 3. The van der Waals surface area contributed by atoms with Gasteiger partial charge in [-0.15, -0.1) is 0 Å². The van der Waals surface area contributed by atoms with Crippen LogP contribution in [0.1, 0.15) is 6.92 Å². The summed E-state index contributed by atoms with van der Waals surface area (Å²) in [4.78, 5) is 0. The first kappa shape index (κ1) is 11.0. The number of rotatable bonds is 3. The largest absolute Gasteiger partial charge is 0.396 e. The fourth-order valence-electron chi connectivity index (χ4n) is 1.72. The average molecular weight is 186 g/mol. The lowest BCUT2D eigenvalue weighted by Gasteiger charge is -2.28. The van der Waals surface area contributed by atoms with E-state index in [-0.39, 0.29) is 25.1 Å². The Labute approximate surface area is 78.9 Å². The van der Waals surface area contributed by atoms with Gasteiger partial charge >= 0.3 is 0 Å². The van der Waals surface area contributed by atoms with Crippen LogP contribution in [0.5, 0.6) is 0 Å². The van der Waals surface area contributed by atoms with Crippen molar-refractivity contribution in [1.29, 1.82) is 0 Å². The molecule has 4 atom stereocenters. The van der Waals surface area contributed by atoms with E-state index in [1.807, 2.05) is 0 Å². The molecule has 5 heteroatoms. The maximum Gasteiger partial charge on any atom is 0.118 e. The highest BCUT2D eigenvalue weighted by atomic mass is 16.5. The van der Waals surface area contributed by atoms with Gasteiger partial charge in [0.25, 0.3) is 0 Å². The molecule has 1 aliphatic rings. The van der Waals surface area contributed by atoms with Gasteiger partial charge in [0.15, 0.2) is 0 Å². The molecule has 1 saturated heterocycles. The summed E-state index contributed by atoms with van der Waals surface area (Å²) in [5.74, 6) is -0.768. The van der Waals surface area contributed by atoms with Gasteiger partial charge in [-0.1, -0.05) is 12.7 Å². The maximum absolute atomic E-state index is 9.79. The zero-order chi connectivity index (χ0) is 10.1. The molecule has 0 bridgehead atoms. The molecule has 3 N–H and O–H groups in total. The van der Waals surface area contributed by atoms with Crippen LogP contribution in [0.15, 0.2) is 0 Å². The third-order valence-corrected chi connectivity index (χ3v) is 2.60. The van der Waals surface area contributed by atoms with Gasteiger partial charge in [-0.25, -0.2) is 0 Å². The highest BCUT2D eigenvalue weighted by molar-refractivity contribution is 6.11. The van der Waals surface area contributed by atoms with Crippen molar-refractivity contribution >= 4 is 7.85 Å². The Hall–Kier alpha value is -0.0951. The van der Waals surface area contributed by atoms with E-state index >= 15 is 0 Å². The minimum atomic E-state index is -1.34. The van der Waals surface area contributed by atoms with Crippen LogP contribution >= 0.6 is 0 Å². The highest BCUT2D eigenvalue weighted by Gasteiger charge is 2.48. The Kier molecular flexibility index (Phi) is 3.35. The van der Waals surface area contributed by atoms with Crippen molar-refractivity contribution in [1.82, 2.24) is 0 Å². The first-order chi connectivity index (χ1) is 6.05. The van der Waals surface area contributed by atoms with Gasteiger partial charge in [0.05, 0.1) is 33.8 Å². The summed E-state index contributed by atoms with van der Waals surface area (Å²) >= 11 is 0. The van der Waals surface area contributed by atoms with Crippen LogP contribution < -0.4 is 0 Å². The minimum Gasteiger partial charge on any atom is -0.396 e. The number of ether oxygens (including phenoxy) is 1. The molecule has 0 aromatic carbocycles. The Balaban J connectivity index is 2.74. The van der Waals surface area contributed by atoms with E-state index in [2.05, 4.69) is 0 Å². The van der Waals surface area contributed by atoms with E-state index in [4.69, 9.17) is 22.8 Å². The van der Waals surface area contributed by atoms with Crippen LogP contribution in [0.2, 0.25) is 5.82 Å². The van der Waals surface area contributed by atoms with E-state index in [0.717, 1.165) is 0 Å². The summed E-state index contributed by atoms with van der Waals surface area (Å²) in [7, 11) is 5.61. The van der Waals surface area contributed by atoms with Crippen molar-refractivity contribution in [3.8, 4) is 0 Å². The zero-order valence-electron chi connectivity index (χ0n) is 7.68. The molecule has 13 heavy (non-hydrogen) atoms. The summed E-state index contributed by atoms with van der Waals surface area (Å²) in [6.45, 7) is 1.13. The quantitative estimate of drug-likeness (QED) is 0.479. The second-order valence-corrected chi connectivity index (χ2v) is 3.69. The van der Waals surface area contributed by atoms with Crippen molar-refractivity contribution in [2.24, 2.45) is 5.92 Å². The number of hydrogen-bond donors (Lipinski definition) is 3. The predicted molar refractivity (Wildman–Crippen MR) is 47.5 cm³/mol. The molecular weight excluding hydrogens is 171 g/mol. The van der Waals surface area contributed by atoms with Gasteiger partial charge < -0.3 is 20.1 Å². The molecule has 0 aromatic heterocycles. The predicted octanol–water partition coefficient (Wildman–Crippen LogP) is -1.31. The lowest BCUT2D eigenvalue weighted by atomic mass is 9.75. The first-order valence-electron chi connectivity index (χ1n) is 4.36. The smallest absolute Gasteiger partial charge is 0.118 e. The summed E-state index contributed by atoms with van der Waals surface area (Å²) in [6, 6.07) is 0. The molecule has 0 spiro atoms. The van der Waals surface area contributed by atoms with E-state index in [9.17, 15) is 5.11 Å². The van der Waals surface area contributed by atoms with Crippen LogP contribution in [0.4, 0.5) is 0 Å². The minimum absolute atomic E-state index is 0.0287. The first-order valence-corrected chi connectivity index (χ1v) is 4.36. The molecule has 0 aromatic rings. The third-order valence-electron chi connectivity index (χ3n) is 2.60. The molecule has 1 heterocycles. The number of aliphatic hydroxyl groups excluding tert-OH is 2. The molecule has 0 aliphatic carbocycles. The number of hydrogen-bond acceptors (Lipinski definition) is 4. The molecule has 1 fully saturated rings. The topological polar surface area (TPSA) is 69.9 Å². The van der Waals surface area contributed by atoms with E-state index in [1.54, 1.807) is 6.92 Å². The van der Waals surface area contributed by atoms with Crippen molar-refractivity contribution in [2.75, 3.05) is 19.8 Å². The monoisotopic (exact) mass is 186 g/mol. The van der Waals surface area contributed by atoms with E-state index in [1.165, 1.54) is 0 Å². The Bertz CT molecular complexity index is 176.